The van der Waals surface area contributed by atoms with Gasteiger partial charge in [0, 0.05) is 50.7 Å². The summed E-state index contributed by atoms with van der Waals surface area (Å²) in [5.41, 5.74) is 5.73. The number of carbonyl (C=O) groups excluding carboxylic acids is 2. The van der Waals surface area contributed by atoms with Crippen LogP contribution < -0.4 is 5.73 Å². The van der Waals surface area contributed by atoms with Gasteiger partial charge >= 0.3 is 12.2 Å². The first-order valence-corrected chi connectivity index (χ1v) is 12.5. The van der Waals surface area contributed by atoms with Crippen LogP contribution in [-0.2, 0) is 9.47 Å². The predicted molar refractivity (Wildman–Crippen MR) is 131 cm³/mol. The second-order valence-corrected chi connectivity index (χ2v) is 11.2. The standard InChI is InChI=1S/C25H46N4O4/c1-24(2,3)32-22(30)27(14-10-16-28-19-21(28)18-26)15-11-17-29(20-12-8-7-9-13-20)23(31)33-25(4,5)6/h19-20H,7-18,26H2,1-6H3. The van der Waals surface area contributed by atoms with Crippen LogP contribution in [0, 0.1) is 0 Å². The van der Waals surface area contributed by atoms with Crippen LogP contribution in [0.15, 0.2) is 11.9 Å². The maximum Gasteiger partial charge on any atom is 0.410 e. The summed E-state index contributed by atoms with van der Waals surface area (Å²) in [6.07, 6.45) is 8.54. The Morgan fingerprint density at radius 3 is 2.06 bits per heavy atom. The van der Waals surface area contributed by atoms with Gasteiger partial charge in [-0.2, -0.15) is 0 Å². The Morgan fingerprint density at radius 2 is 1.52 bits per heavy atom. The van der Waals surface area contributed by atoms with Gasteiger partial charge in [-0.15, -0.1) is 0 Å². The van der Waals surface area contributed by atoms with Gasteiger partial charge in [0.2, 0.25) is 0 Å². The molecule has 0 unspecified atom stereocenters. The summed E-state index contributed by atoms with van der Waals surface area (Å²) >= 11 is 0. The van der Waals surface area contributed by atoms with Crippen LogP contribution in [-0.4, -0.2) is 76.9 Å². The Labute approximate surface area is 200 Å². The summed E-state index contributed by atoms with van der Waals surface area (Å²) in [6, 6.07) is 0.215. The third-order valence-electron chi connectivity index (χ3n) is 5.76. The molecule has 0 saturated heterocycles. The van der Waals surface area contributed by atoms with Gasteiger partial charge in [0.25, 0.3) is 0 Å². The molecule has 0 bridgehead atoms. The van der Waals surface area contributed by atoms with Crippen molar-refractivity contribution in [1.29, 1.82) is 0 Å². The molecule has 2 aliphatic rings. The van der Waals surface area contributed by atoms with E-state index in [1.807, 2.05) is 52.6 Å². The SMILES string of the molecule is CC(C)(C)OC(=O)N(CCCN1C=C1CN)CCCN(C(=O)OC(C)(C)C)C1CCCCC1. The van der Waals surface area contributed by atoms with E-state index in [4.69, 9.17) is 15.2 Å². The zero-order chi connectivity index (χ0) is 24.6. The molecule has 0 aromatic heterocycles. The van der Waals surface area contributed by atoms with Gasteiger partial charge in [-0.3, -0.25) is 0 Å². The third kappa shape index (κ3) is 10.2. The van der Waals surface area contributed by atoms with Gasteiger partial charge in [-0.25, -0.2) is 9.59 Å². The number of ether oxygens (including phenoxy) is 2. The maximum absolute atomic E-state index is 12.9. The topological polar surface area (TPSA) is 88.1 Å². The first kappa shape index (κ1) is 27.3. The average Bonchev–Trinajstić information content (AvgIpc) is 3.46. The van der Waals surface area contributed by atoms with Crippen molar-refractivity contribution in [2.24, 2.45) is 5.73 Å². The molecule has 190 valence electrons. The second kappa shape index (κ2) is 12.0. The van der Waals surface area contributed by atoms with Crippen LogP contribution >= 0.6 is 0 Å². The highest BCUT2D eigenvalue weighted by Gasteiger charge is 2.30. The number of nitrogens with zero attached hydrogens (tertiary/aromatic N) is 3. The smallest absolute Gasteiger partial charge is 0.410 e. The molecule has 33 heavy (non-hydrogen) atoms. The number of hydrogen-bond donors (Lipinski definition) is 1. The van der Waals surface area contributed by atoms with Crippen molar-refractivity contribution in [2.75, 3.05) is 32.7 Å². The summed E-state index contributed by atoms with van der Waals surface area (Å²) in [7, 11) is 0. The minimum Gasteiger partial charge on any atom is -0.444 e. The Hall–Kier alpha value is -1.96. The first-order chi connectivity index (χ1) is 15.4. The van der Waals surface area contributed by atoms with Gasteiger partial charge in [0.05, 0.1) is 0 Å². The molecule has 0 spiro atoms. The van der Waals surface area contributed by atoms with Crippen LogP contribution in [0.2, 0.25) is 0 Å². The van der Waals surface area contributed by atoms with Crippen LogP contribution in [0.5, 0.6) is 0 Å². The van der Waals surface area contributed by atoms with Crippen molar-refractivity contribution in [3.05, 3.63) is 11.9 Å². The van der Waals surface area contributed by atoms with Gasteiger partial charge < -0.3 is 29.9 Å². The first-order valence-electron chi connectivity index (χ1n) is 12.5. The summed E-state index contributed by atoms with van der Waals surface area (Å²) in [4.78, 5) is 31.6. The summed E-state index contributed by atoms with van der Waals surface area (Å²) in [6.45, 7) is 14.4. The molecule has 2 N–H and O–H groups in total. The van der Waals surface area contributed by atoms with E-state index in [9.17, 15) is 9.59 Å². The molecule has 0 radical (unpaired) electrons. The minimum absolute atomic E-state index is 0.215. The van der Waals surface area contributed by atoms with Crippen LogP contribution in [0.25, 0.3) is 0 Å². The lowest BCUT2D eigenvalue weighted by Crippen LogP contribution is -2.46. The molecule has 8 heteroatoms. The summed E-state index contributed by atoms with van der Waals surface area (Å²) in [5.74, 6) is 0. The molecular weight excluding hydrogens is 420 g/mol. The Kier molecular flexibility index (Phi) is 9.88. The van der Waals surface area contributed by atoms with Crippen molar-refractivity contribution in [2.45, 2.75) is 104 Å². The fraction of sp³-hybridized carbons (Fsp3) is 0.840. The molecular formula is C25H46N4O4. The van der Waals surface area contributed by atoms with Crippen molar-refractivity contribution >= 4 is 12.2 Å². The Balaban J connectivity index is 1.94. The van der Waals surface area contributed by atoms with Crippen LogP contribution in [0.3, 0.4) is 0 Å². The van der Waals surface area contributed by atoms with E-state index in [-0.39, 0.29) is 18.2 Å². The predicted octanol–water partition coefficient (Wildman–Crippen LogP) is 4.69. The molecule has 0 aromatic carbocycles. The summed E-state index contributed by atoms with van der Waals surface area (Å²) in [5, 5.41) is 0. The van der Waals surface area contributed by atoms with Crippen molar-refractivity contribution in [1.82, 2.24) is 14.7 Å². The lowest BCUT2D eigenvalue weighted by molar-refractivity contribution is 0.00997. The third-order valence-corrected chi connectivity index (χ3v) is 5.76. The molecule has 1 fully saturated rings. The Bertz CT molecular complexity index is 675. The zero-order valence-electron chi connectivity index (χ0n) is 21.7. The van der Waals surface area contributed by atoms with E-state index < -0.39 is 11.2 Å². The second-order valence-electron chi connectivity index (χ2n) is 11.2. The van der Waals surface area contributed by atoms with E-state index in [1.54, 1.807) is 4.90 Å². The molecule has 2 amide bonds. The lowest BCUT2D eigenvalue weighted by atomic mass is 9.94. The highest BCUT2D eigenvalue weighted by Crippen LogP contribution is 2.25. The monoisotopic (exact) mass is 466 g/mol. The van der Waals surface area contributed by atoms with Crippen LogP contribution in [0.4, 0.5) is 9.59 Å². The fourth-order valence-electron chi connectivity index (χ4n) is 4.15. The lowest BCUT2D eigenvalue weighted by Gasteiger charge is -2.36. The Morgan fingerprint density at radius 1 is 0.939 bits per heavy atom. The number of carbonyl (C=O) groups is 2. The molecule has 1 heterocycles. The van der Waals surface area contributed by atoms with E-state index in [0.29, 0.717) is 32.6 Å². The fourth-order valence-corrected chi connectivity index (χ4v) is 4.15. The average molecular weight is 467 g/mol. The van der Waals surface area contributed by atoms with E-state index in [1.165, 1.54) is 6.42 Å². The number of rotatable bonds is 10. The highest BCUT2D eigenvalue weighted by molar-refractivity contribution is 5.69. The quantitative estimate of drug-likeness (QED) is 0.502. The normalized spacial score (nSPS) is 16.8. The molecule has 8 nitrogen and oxygen atoms in total. The van der Waals surface area contributed by atoms with Crippen LogP contribution in [0.1, 0.15) is 86.5 Å². The molecule has 1 aliphatic carbocycles. The van der Waals surface area contributed by atoms with Crippen molar-refractivity contribution in [3.8, 4) is 0 Å². The van der Waals surface area contributed by atoms with Gasteiger partial charge in [-0.1, -0.05) is 19.3 Å². The summed E-state index contributed by atoms with van der Waals surface area (Å²) < 4.78 is 11.3. The highest BCUT2D eigenvalue weighted by atomic mass is 16.6. The van der Waals surface area contributed by atoms with Gasteiger partial charge in [-0.05, 0) is 67.2 Å². The zero-order valence-corrected chi connectivity index (χ0v) is 21.7. The number of amides is 2. The molecule has 1 aliphatic heterocycles. The molecule has 0 aromatic rings. The van der Waals surface area contributed by atoms with E-state index >= 15 is 0 Å². The molecule has 1 saturated carbocycles. The van der Waals surface area contributed by atoms with E-state index in [2.05, 4.69) is 4.90 Å². The van der Waals surface area contributed by atoms with Crippen molar-refractivity contribution in [3.63, 3.8) is 0 Å². The van der Waals surface area contributed by atoms with Gasteiger partial charge in [0.15, 0.2) is 0 Å². The number of hydrogen-bond acceptors (Lipinski definition) is 6. The maximum atomic E-state index is 12.9. The van der Waals surface area contributed by atoms with Gasteiger partial charge in [0.1, 0.15) is 11.2 Å². The number of nitrogens with two attached hydrogens (primary N) is 1. The van der Waals surface area contributed by atoms with Crippen molar-refractivity contribution < 1.29 is 19.1 Å². The largest absolute Gasteiger partial charge is 0.444 e. The molecule has 2 rings (SSSR count). The molecule has 0 atom stereocenters. The van der Waals surface area contributed by atoms with E-state index in [0.717, 1.165) is 44.3 Å². The minimum atomic E-state index is -0.547.